The average Bonchev–Trinajstić information content (AvgIpc) is 3.54. The van der Waals surface area contributed by atoms with Gasteiger partial charge in [0, 0.05) is 16.5 Å². The van der Waals surface area contributed by atoms with Crippen LogP contribution in [0.1, 0.15) is 56.1 Å². The Morgan fingerprint density at radius 2 is 0.962 bits per heavy atom. The topological polar surface area (TPSA) is 9.23 Å². The number of hydrogen-bond acceptors (Lipinski definition) is 1. The summed E-state index contributed by atoms with van der Waals surface area (Å²) in [5.74, 6) is 0.867. The lowest BCUT2D eigenvalue weighted by molar-refractivity contribution is 0.00769. The fraction of sp³-hybridized carbons (Fsp3) is 0.154. The third-order valence-electron chi connectivity index (χ3n) is 12.0. The summed E-state index contributed by atoms with van der Waals surface area (Å²) in [6, 6.07) is 36.6. The molecule has 0 spiro atoms. The van der Waals surface area contributed by atoms with Gasteiger partial charge < -0.3 is 4.74 Å². The smallest absolute Gasteiger partial charge is 0.131 e. The molecule has 2 unspecified atom stereocenters. The number of fused-ring (bicyclic) bond motifs is 5. The molecule has 2 aliphatic rings. The zero-order valence-electron chi connectivity index (χ0n) is 37.8. The van der Waals surface area contributed by atoms with Gasteiger partial charge in [-0.05, 0) is 110 Å². The number of ether oxygens (including phenoxy) is 1. The van der Waals surface area contributed by atoms with Crippen LogP contribution >= 0.6 is 0 Å². The monoisotopic (exact) mass is 690 g/mol. The first-order valence-electron chi connectivity index (χ1n) is 22.5. The first-order valence-corrected chi connectivity index (χ1v) is 18.5. The highest BCUT2D eigenvalue weighted by Crippen LogP contribution is 2.59. The third kappa shape index (κ3) is 4.91. The van der Waals surface area contributed by atoms with E-state index in [1.807, 2.05) is 91.0 Å². The Kier molecular flexibility index (Phi) is 5.67. The number of hydrogen-bond donors (Lipinski definition) is 0. The van der Waals surface area contributed by atoms with Crippen molar-refractivity contribution < 1.29 is 15.7 Å². The van der Waals surface area contributed by atoms with Gasteiger partial charge in [-0.15, -0.1) is 0 Å². The molecule has 53 heavy (non-hydrogen) atoms. The molecule has 8 aromatic carbocycles. The number of para-hydroxylation sites is 1. The molecule has 10 rings (SSSR count). The molecule has 0 amide bonds. The van der Waals surface area contributed by atoms with Gasteiger partial charge in [0.25, 0.3) is 0 Å². The molecule has 256 valence electrons. The van der Waals surface area contributed by atoms with E-state index in [2.05, 4.69) is 44.2 Å². The minimum Gasteiger partial charge on any atom is -0.486 e. The first kappa shape index (κ1) is 24.3. The van der Waals surface area contributed by atoms with E-state index < -0.39 is 24.2 Å². The van der Waals surface area contributed by atoms with Crippen LogP contribution in [-0.2, 0) is 5.41 Å². The molecule has 2 atom stereocenters. The molecule has 0 N–H and O–H groups in total. The Labute approximate surface area is 323 Å². The minimum atomic E-state index is -0.433. The molecular formula is C52H42O. The van der Waals surface area contributed by atoms with Gasteiger partial charge >= 0.3 is 0 Å². The van der Waals surface area contributed by atoms with Crippen LogP contribution < -0.4 is 4.74 Å². The quantitative estimate of drug-likeness (QED) is 0.163. The summed E-state index contributed by atoms with van der Waals surface area (Å²) in [7, 11) is 0. The molecule has 0 saturated heterocycles. The van der Waals surface area contributed by atoms with Gasteiger partial charge in [0.1, 0.15) is 11.4 Å². The molecular weight excluding hydrogens is 641 g/mol. The van der Waals surface area contributed by atoms with E-state index in [4.69, 9.17) is 10.2 Å². The van der Waals surface area contributed by atoms with E-state index in [-0.39, 0.29) is 56.7 Å². The van der Waals surface area contributed by atoms with Crippen molar-refractivity contribution in [2.75, 3.05) is 0 Å². The largest absolute Gasteiger partial charge is 0.486 e. The summed E-state index contributed by atoms with van der Waals surface area (Å²) < 4.78 is 81.6. The molecule has 1 saturated carbocycles. The van der Waals surface area contributed by atoms with E-state index in [1.54, 1.807) is 0 Å². The number of benzene rings is 8. The summed E-state index contributed by atoms with van der Waals surface area (Å²) in [6.45, 7) is 4.57. The van der Waals surface area contributed by atoms with E-state index in [0.717, 1.165) is 64.8 Å². The van der Waals surface area contributed by atoms with Gasteiger partial charge in [-0.25, -0.2) is 0 Å². The Morgan fingerprint density at radius 1 is 0.472 bits per heavy atom. The molecule has 1 aliphatic heterocycles. The summed E-state index contributed by atoms with van der Waals surface area (Å²) in [4.78, 5) is 0. The van der Waals surface area contributed by atoms with Crippen molar-refractivity contribution in [1.82, 2.24) is 0 Å². The lowest BCUT2D eigenvalue weighted by Crippen LogP contribution is -2.49. The maximum Gasteiger partial charge on any atom is 0.131 e. The second-order valence-electron chi connectivity index (χ2n) is 14.8. The Bertz CT molecular complexity index is 2970. The van der Waals surface area contributed by atoms with Gasteiger partial charge in [-0.3, -0.25) is 0 Å². The van der Waals surface area contributed by atoms with Crippen molar-refractivity contribution in [3.63, 3.8) is 0 Å². The zero-order valence-corrected chi connectivity index (χ0v) is 29.8. The van der Waals surface area contributed by atoms with Crippen LogP contribution in [0.4, 0.5) is 0 Å². The molecule has 0 radical (unpaired) electrons. The van der Waals surface area contributed by atoms with Crippen molar-refractivity contribution in [3.8, 4) is 61.4 Å². The van der Waals surface area contributed by atoms with Crippen molar-refractivity contribution in [1.29, 1.82) is 0 Å². The normalized spacial score (nSPS) is 21.2. The fourth-order valence-corrected chi connectivity index (χ4v) is 9.12. The summed E-state index contributed by atoms with van der Waals surface area (Å²) in [6.07, 6.45) is 4.22. The summed E-state index contributed by atoms with van der Waals surface area (Å²) >= 11 is 0. The first-order chi connectivity index (χ1) is 29.4. The lowest BCUT2D eigenvalue weighted by atomic mass is 9.63. The SMILES string of the molecule is [2H]c1c([2H])c([2H])c2c(-c3c(-c4ccccc4)cc(-c4cccc5c4OC4(C)CCCCC54C)cc3-c3ccccc3)c3c([2H])c([2H])c([2H])c([2H])c3c(-c3ccccc3)c2c1[2H]. The van der Waals surface area contributed by atoms with E-state index in [9.17, 15) is 5.48 Å². The molecule has 0 bridgehead atoms. The minimum absolute atomic E-state index is 0.161. The molecule has 1 nitrogen and oxygen atoms in total. The molecule has 1 heteroatoms. The molecule has 1 aliphatic carbocycles. The van der Waals surface area contributed by atoms with Crippen molar-refractivity contribution in [2.45, 2.75) is 50.5 Å². The van der Waals surface area contributed by atoms with E-state index in [0.29, 0.717) is 22.3 Å². The van der Waals surface area contributed by atoms with Gasteiger partial charge in [0.05, 0.1) is 11.0 Å². The Hall–Kier alpha value is -5.92. The maximum atomic E-state index is 9.70. The molecule has 0 aromatic heterocycles. The van der Waals surface area contributed by atoms with Crippen LogP contribution in [0.15, 0.2) is 170 Å². The Morgan fingerprint density at radius 3 is 1.51 bits per heavy atom. The van der Waals surface area contributed by atoms with Crippen LogP contribution in [0.5, 0.6) is 5.75 Å². The maximum absolute atomic E-state index is 9.70. The highest BCUT2D eigenvalue weighted by molar-refractivity contribution is 6.24. The van der Waals surface area contributed by atoms with Gasteiger partial charge in [0.2, 0.25) is 0 Å². The van der Waals surface area contributed by atoms with Crippen LogP contribution in [-0.4, -0.2) is 5.60 Å². The van der Waals surface area contributed by atoms with E-state index >= 15 is 0 Å². The van der Waals surface area contributed by atoms with Crippen LogP contribution in [0.2, 0.25) is 0 Å². The lowest BCUT2D eigenvalue weighted by Gasteiger charge is -2.43. The highest BCUT2D eigenvalue weighted by atomic mass is 16.5. The van der Waals surface area contributed by atoms with Gasteiger partial charge in [-0.1, -0.05) is 171 Å². The van der Waals surface area contributed by atoms with Gasteiger partial charge in [0.15, 0.2) is 0 Å². The van der Waals surface area contributed by atoms with E-state index in [1.165, 1.54) is 5.56 Å². The average molecular weight is 691 g/mol. The number of rotatable bonds is 5. The van der Waals surface area contributed by atoms with Crippen LogP contribution in [0, 0.1) is 0 Å². The molecule has 1 heterocycles. The molecule has 8 aromatic rings. The van der Waals surface area contributed by atoms with Crippen molar-refractivity contribution >= 4 is 21.5 Å². The second-order valence-corrected chi connectivity index (χ2v) is 14.8. The standard InChI is InChI=1S/C52H42O/c1-51-31-16-17-32-52(51,2)53-50-39(29-18-30-46(50)51)38-33-44(35-19-6-3-7-20-35)49(45(34-38)36-21-8-4-9-22-36)48-42-27-14-12-25-40(42)47(37-23-10-5-11-24-37)41-26-13-15-28-43(41)48/h3-15,18-30,33-34H,16-17,31-32H2,1-2H3/i12D,13D,14D,15D,25D,26D,27D,28D. The predicted molar refractivity (Wildman–Crippen MR) is 223 cm³/mol. The molecule has 1 fully saturated rings. The third-order valence-corrected chi connectivity index (χ3v) is 12.0. The summed E-state index contributed by atoms with van der Waals surface area (Å²) in [5.41, 5.74) is 7.42. The van der Waals surface area contributed by atoms with Gasteiger partial charge in [-0.2, -0.15) is 0 Å². The second kappa shape index (κ2) is 12.3. The van der Waals surface area contributed by atoms with Crippen LogP contribution in [0.3, 0.4) is 0 Å². The summed E-state index contributed by atoms with van der Waals surface area (Å²) in [5, 5.41) is 0.729. The highest BCUT2D eigenvalue weighted by Gasteiger charge is 2.55. The fourth-order valence-electron chi connectivity index (χ4n) is 9.12. The Balaban J connectivity index is 1.45. The van der Waals surface area contributed by atoms with Crippen molar-refractivity contribution in [3.05, 3.63) is 175 Å². The van der Waals surface area contributed by atoms with Crippen LogP contribution in [0.25, 0.3) is 77.2 Å². The van der Waals surface area contributed by atoms with Crippen molar-refractivity contribution in [2.24, 2.45) is 0 Å². The zero-order chi connectivity index (χ0) is 42.5. The predicted octanol–water partition coefficient (Wildman–Crippen LogP) is 14.3.